The predicted octanol–water partition coefficient (Wildman–Crippen LogP) is 1.20. The summed E-state index contributed by atoms with van der Waals surface area (Å²) in [5.74, 6) is 0. The highest BCUT2D eigenvalue weighted by Gasteiger charge is 2.11. The highest BCUT2D eigenvalue weighted by molar-refractivity contribution is 4.59. The summed E-state index contributed by atoms with van der Waals surface area (Å²) in [7, 11) is 0. The van der Waals surface area contributed by atoms with Crippen molar-refractivity contribution in [3.63, 3.8) is 0 Å². The molecule has 2 unspecified atom stereocenters. The standard InChI is InChI=1S/C9H20O3/c1-4-6-11-8(2)9(3)12-7-5-10/h8-10H,4-7H2,1-3H3. The van der Waals surface area contributed by atoms with Gasteiger partial charge in [-0.25, -0.2) is 0 Å². The highest BCUT2D eigenvalue weighted by Crippen LogP contribution is 2.03. The van der Waals surface area contributed by atoms with Crippen molar-refractivity contribution in [1.82, 2.24) is 0 Å². The van der Waals surface area contributed by atoms with Gasteiger partial charge in [-0.15, -0.1) is 0 Å². The smallest absolute Gasteiger partial charge is 0.0807 e. The number of hydrogen-bond acceptors (Lipinski definition) is 3. The van der Waals surface area contributed by atoms with Crippen molar-refractivity contribution in [1.29, 1.82) is 0 Å². The average Bonchev–Trinajstić information content (AvgIpc) is 2.10. The lowest BCUT2D eigenvalue weighted by molar-refractivity contribution is -0.0629. The second kappa shape index (κ2) is 7.53. The van der Waals surface area contributed by atoms with Crippen LogP contribution in [0.3, 0.4) is 0 Å². The van der Waals surface area contributed by atoms with Gasteiger partial charge in [0.15, 0.2) is 0 Å². The van der Waals surface area contributed by atoms with E-state index in [4.69, 9.17) is 14.6 Å². The van der Waals surface area contributed by atoms with Gasteiger partial charge in [-0.05, 0) is 20.3 Å². The van der Waals surface area contributed by atoms with Gasteiger partial charge in [0.1, 0.15) is 0 Å². The molecule has 74 valence electrons. The number of aliphatic hydroxyl groups is 1. The van der Waals surface area contributed by atoms with Gasteiger partial charge in [0, 0.05) is 6.61 Å². The Morgan fingerprint density at radius 2 is 1.58 bits per heavy atom. The molecule has 2 atom stereocenters. The molecule has 0 bridgehead atoms. The van der Waals surface area contributed by atoms with Crippen molar-refractivity contribution < 1.29 is 14.6 Å². The van der Waals surface area contributed by atoms with E-state index in [2.05, 4.69) is 6.92 Å². The highest BCUT2D eigenvalue weighted by atomic mass is 16.5. The van der Waals surface area contributed by atoms with Crippen LogP contribution >= 0.6 is 0 Å². The maximum atomic E-state index is 8.51. The maximum absolute atomic E-state index is 8.51. The van der Waals surface area contributed by atoms with Gasteiger partial charge < -0.3 is 14.6 Å². The van der Waals surface area contributed by atoms with Gasteiger partial charge in [0.25, 0.3) is 0 Å². The number of ether oxygens (including phenoxy) is 2. The van der Waals surface area contributed by atoms with Gasteiger partial charge in [-0.3, -0.25) is 0 Å². The molecule has 12 heavy (non-hydrogen) atoms. The second-order valence-electron chi connectivity index (χ2n) is 2.88. The van der Waals surface area contributed by atoms with E-state index in [0.717, 1.165) is 13.0 Å². The molecule has 3 nitrogen and oxygen atoms in total. The Balaban J connectivity index is 3.39. The monoisotopic (exact) mass is 176 g/mol. The van der Waals surface area contributed by atoms with Crippen molar-refractivity contribution >= 4 is 0 Å². The molecule has 0 radical (unpaired) electrons. The Bertz CT molecular complexity index is 83.8. The summed E-state index contributed by atoms with van der Waals surface area (Å²) in [5.41, 5.74) is 0. The van der Waals surface area contributed by atoms with Crippen LogP contribution < -0.4 is 0 Å². The third-order valence-corrected chi connectivity index (χ3v) is 1.72. The minimum Gasteiger partial charge on any atom is -0.394 e. The van der Waals surface area contributed by atoms with Crippen LogP contribution in [0.1, 0.15) is 27.2 Å². The first kappa shape index (κ1) is 11.9. The van der Waals surface area contributed by atoms with E-state index >= 15 is 0 Å². The lowest BCUT2D eigenvalue weighted by Gasteiger charge is -2.20. The van der Waals surface area contributed by atoms with Crippen molar-refractivity contribution in [3.8, 4) is 0 Å². The van der Waals surface area contributed by atoms with Crippen LogP contribution in [0.5, 0.6) is 0 Å². The van der Waals surface area contributed by atoms with E-state index in [1.54, 1.807) is 0 Å². The van der Waals surface area contributed by atoms with E-state index in [0.29, 0.717) is 6.61 Å². The predicted molar refractivity (Wildman–Crippen MR) is 48.2 cm³/mol. The van der Waals surface area contributed by atoms with Crippen LogP contribution in [-0.2, 0) is 9.47 Å². The zero-order chi connectivity index (χ0) is 9.40. The van der Waals surface area contributed by atoms with Crippen LogP contribution in [0.4, 0.5) is 0 Å². The third kappa shape index (κ3) is 5.52. The van der Waals surface area contributed by atoms with E-state index < -0.39 is 0 Å². The molecule has 3 heteroatoms. The fourth-order valence-corrected chi connectivity index (χ4v) is 0.813. The molecule has 1 N–H and O–H groups in total. The largest absolute Gasteiger partial charge is 0.394 e. The Labute approximate surface area is 74.7 Å². The molecular formula is C9H20O3. The first-order chi connectivity index (χ1) is 5.72. The van der Waals surface area contributed by atoms with Gasteiger partial charge in [0.05, 0.1) is 25.4 Å². The lowest BCUT2D eigenvalue weighted by atomic mass is 10.2. The van der Waals surface area contributed by atoms with E-state index in [1.165, 1.54) is 0 Å². The van der Waals surface area contributed by atoms with Gasteiger partial charge in [-0.2, -0.15) is 0 Å². The van der Waals surface area contributed by atoms with E-state index in [9.17, 15) is 0 Å². The van der Waals surface area contributed by atoms with Gasteiger partial charge >= 0.3 is 0 Å². The van der Waals surface area contributed by atoms with Gasteiger partial charge in [0.2, 0.25) is 0 Å². The minimum absolute atomic E-state index is 0.0590. The Morgan fingerprint density at radius 1 is 1.08 bits per heavy atom. The molecule has 0 rings (SSSR count). The molecule has 0 aromatic heterocycles. The van der Waals surface area contributed by atoms with Crippen LogP contribution in [0.25, 0.3) is 0 Å². The summed E-state index contributed by atoms with van der Waals surface area (Å²) < 4.78 is 10.7. The Kier molecular flexibility index (Phi) is 7.45. The van der Waals surface area contributed by atoms with E-state index in [-0.39, 0.29) is 18.8 Å². The SMILES string of the molecule is CCCOC(C)C(C)OCCO. The summed E-state index contributed by atoms with van der Waals surface area (Å²) in [6, 6.07) is 0. The quantitative estimate of drug-likeness (QED) is 0.633. The Hall–Kier alpha value is -0.120. The second-order valence-corrected chi connectivity index (χ2v) is 2.88. The van der Waals surface area contributed by atoms with Crippen LogP contribution in [0, 0.1) is 0 Å². The minimum atomic E-state index is 0.0590. The zero-order valence-corrected chi connectivity index (χ0v) is 8.25. The van der Waals surface area contributed by atoms with Crippen LogP contribution in [-0.4, -0.2) is 37.1 Å². The fraction of sp³-hybridized carbons (Fsp3) is 1.00. The zero-order valence-electron chi connectivity index (χ0n) is 8.25. The molecule has 0 saturated carbocycles. The number of rotatable bonds is 7. The van der Waals surface area contributed by atoms with Crippen molar-refractivity contribution in [3.05, 3.63) is 0 Å². The van der Waals surface area contributed by atoms with Crippen molar-refractivity contribution in [2.24, 2.45) is 0 Å². The van der Waals surface area contributed by atoms with Crippen molar-refractivity contribution in [2.75, 3.05) is 19.8 Å². The fourth-order valence-electron chi connectivity index (χ4n) is 0.813. The van der Waals surface area contributed by atoms with Gasteiger partial charge in [-0.1, -0.05) is 6.92 Å². The third-order valence-electron chi connectivity index (χ3n) is 1.72. The Morgan fingerprint density at radius 3 is 2.00 bits per heavy atom. The normalized spacial score (nSPS) is 16.0. The summed E-state index contributed by atoms with van der Waals surface area (Å²) in [6.45, 7) is 7.25. The molecule has 0 saturated heterocycles. The first-order valence-corrected chi connectivity index (χ1v) is 4.56. The van der Waals surface area contributed by atoms with Crippen molar-refractivity contribution in [2.45, 2.75) is 39.4 Å². The first-order valence-electron chi connectivity index (χ1n) is 4.56. The van der Waals surface area contributed by atoms with Crippen LogP contribution in [0.15, 0.2) is 0 Å². The molecule has 0 amide bonds. The number of aliphatic hydroxyl groups excluding tert-OH is 1. The number of hydrogen-bond donors (Lipinski definition) is 1. The summed E-state index contributed by atoms with van der Waals surface area (Å²) in [6.07, 6.45) is 1.19. The maximum Gasteiger partial charge on any atom is 0.0807 e. The topological polar surface area (TPSA) is 38.7 Å². The molecule has 0 heterocycles. The summed E-state index contributed by atoms with van der Waals surface area (Å²) in [4.78, 5) is 0. The molecule has 0 aromatic rings. The molecule has 0 aliphatic heterocycles. The summed E-state index contributed by atoms with van der Waals surface area (Å²) in [5, 5.41) is 8.51. The molecule has 0 fully saturated rings. The molecule has 0 aliphatic carbocycles. The molecule has 0 aliphatic rings. The van der Waals surface area contributed by atoms with Crippen LogP contribution in [0.2, 0.25) is 0 Å². The molecule has 0 aromatic carbocycles. The van der Waals surface area contributed by atoms with E-state index in [1.807, 2.05) is 13.8 Å². The average molecular weight is 176 g/mol. The summed E-state index contributed by atoms with van der Waals surface area (Å²) >= 11 is 0. The molecule has 0 spiro atoms. The lowest BCUT2D eigenvalue weighted by Crippen LogP contribution is -2.27. The molecular weight excluding hydrogens is 156 g/mol.